The summed E-state index contributed by atoms with van der Waals surface area (Å²) < 4.78 is 5.55. The van der Waals surface area contributed by atoms with E-state index in [1.807, 2.05) is 12.1 Å². The maximum Gasteiger partial charge on any atom is 0.251 e. The Morgan fingerprint density at radius 3 is 2.82 bits per heavy atom. The molecule has 0 bridgehead atoms. The van der Waals surface area contributed by atoms with E-state index in [-0.39, 0.29) is 5.91 Å². The van der Waals surface area contributed by atoms with Crippen LogP contribution in [-0.4, -0.2) is 25.7 Å². The van der Waals surface area contributed by atoms with Crippen molar-refractivity contribution in [1.29, 1.82) is 0 Å². The average Bonchev–Trinajstić information content (AvgIpc) is 3.33. The van der Waals surface area contributed by atoms with Crippen molar-refractivity contribution in [3.05, 3.63) is 33.7 Å². The fraction of sp³-hybridized carbons (Fsp3) is 0.526. The van der Waals surface area contributed by atoms with E-state index in [2.05, 4.69) is 31.8 Å². The summed E-state index contributed by atoms with van der Waals surface area (Å²) in [6, 6.07) is 3.81. The molecule has 22 heavy (non-hydrogen) atoms. The Balaban J connectivity index is 2.00. The monoisotopic (exact) mass is 301 g/mol. The summed E-state index contributed by atoms with van der Waals surface area (Å²) in [7, 11) is 0. The SMILES string of the molecule is C=c1ccc(C(=O)NCCOCC2CC2)c(CC)/c1=C/CC. The number of rotatable bonds is 8. The van der Waals surface area contributed by atoms with Gasteiger partial charge in [0.1, 0.15) is 0 Å². The van der Waals surface area contributed by atoms with E-state index in [1.54, 1.807) is 0 Å². The number of ether oxygens (including phenoxy) is 1. The summed E-state index contributed by atoms with van der Waals surface area (Å²) >= 11 is 0. The van der Waals surface area contributed by atoms with E-state index < -0.39 is 0 Å². The van der Waals surface area contributed by atoms with Gasteiger partial charge in [0.2, 0.25) is 0 Å². The maximum atomic E-state index is 12.4. The number of benzene rings is 1. The molecule has 2 rings (SSSR count). The molecule has 1 N–H and O–H groups in total. The van der Waals surface area contributed by atoms with E-state index in [0.717, 1.165) is 46.9 Å². The minimum absolute atomic E-state index is 0.0161. The molecule has 1 aromatic rings. The van der Waals surface area contributed by atoms with Gasteiger partial charge in [0.05, 0.1) is 6.61 Å². The molecule has 3 heteroatoms. The van der Waals surface area contributed by atoms with Crippen LogP contribution in [0.4, 0.5) is 0 Å². The number of nitrogens with one attached hydrogen (secondary N) is 1. The molecule has 1 amide bonds. The molecule has 1 aliphatic rings. The van der Waals surface area contributed by atoms with Crippen LogP contribution in [0.2, 0.25) is 0 Å². The van der Waals surface area contributed by atoms with E-state index in [0.29, 0.717) is 13.2 Å². The minimum atomic E-state index is -0.0161. The standard InChI is InChI=1S/C19H27NO2/c1-4-6-17-14(3)7-10-18(16(17)5-2)19(21)20-11-12-22-13-15-8-9-15/h6-7,10,15H,3-5,8-9,11-13H2,1-2H3,(H,20,21)/b17-6+. The maximum absolute atomic E-state index is 12.4. The van der Waals surface area contributed by atoms with Gasteiger partial charge in [0, 0.05) is 18.7 Å². The molecule has 0 aromatic heterocycles. The molecule has 120 valence electrons. The van der Waals surface area contributed by atoms with Gasteiger partial charge in [0.25, 0.3) is 5.91 Å². The van der Waals surface area contributed by atoms with Crippen molar-refractivity contribution in [2.45, 2.75) is 39.5 Å². The molecular formula is C19H27NO2. The summed E-state index contributed by atoms with van der Waals surface area (Å²) in [5, 5.41) is 5.06. The van der Waals surface area contributed by atoms with E-state index in [4.69, 9.17) is 4.74 Å². The quantitative estimate of drug-likeness (QED) is 0.746. The van der Waals surface area contributed by atoms with Crippen LogP contribution in [0, 0.1) is 5.92 Å². The van der Waals surface area contributed by atoms with Crippen LogP contribution in [0.25, 0.3) is 12.7 Å². The average molecular weight is 301 g/mol. The van der Waals surface area contributed by atoms with Gasteiger partial charge >= 0.3 is 0 Å². The summed E-state index contributed by atoms with van der Waals surface area (Å²) in [5.74, 6) is 0.747. The molecule has 0 atom stereocenters. The topological polar surface area (TPSA) is 38.3 Å². The lowest BCUT2D eigenvalue weighted by Crippen LogP contribution is -2.34. The Kier molecular flexibility index (Phi) is 6.20. The lowest BCUT2D eigenvalue weighted by Gasteiger charge is -2.11. The molecule has 0 unspecified atom stereocenters. The highest BCUT2D eigenvalue weighted by molar-refractivity contribution is 5.95. The fourth-order valence-electron chi connectivity index (χ4n) is 2.63. The molecule has 0 radical (unpaired) electrons. The predicted molar refractivity (Wildman–Crippen MR) is 91.2 cm³/mol. The van der Waals surface area contributed by atoms with E-state index in [1.165, 1.54) is 12.8 Å². The first-order valence-electron chi connectivity index (χ1n) is 8.34. The molecule has 0 spiro atoms. The molecule has 0 heterocycles. The third kappa shape index (κ3) is 4.44. The van der Waals surface area contributed by atoms with Crippen LogP contribution < -0.4 is 15.8 Å². The van der Waals surface area contributed by atoms with E-state index in [9.17, 15) is 4.79 Å². The third-order valence-electron chi connectivity index (χ3n) is 4.04. The zero-order valence-electron chi connectivity index (χ0n) is 13.8. The first-order valence-corrected chi connectivity index (χ1v) is 8.34. The fourth-order valence-corrected chi connectivity index (χ4v) is 2.63. The van der Waals surface area contributed by atoms with Gasteiger partial charge in [0.15, 0.2) is 0 Å². The highest BCUT2D eigenvalue weighted by Crippen LogP contribution is 2.28. The molecule has 1 aromatic carbocycles. The Bertz CT molecular complexity index is 617. The second-order valence-electron chi connectivity index (χ2n) is 5.90. The summed E-state index contributed by atoms with van der Waals surface area (Å²) in [4.78, 5) is 12.4. The summed E-state index contributed by atoms with van der Waals surface area (Å²) in [6.07, 6.45) is 6.50. The van der Waals surface area contributed by atoms with Crippen molar-refractivity contribution >= 4 is 18.6 Å². The smallest absolute Gasteiger partial charge is 0.251 e. The predicted octanol–water partition coefficient (Wildman–Crippen LogP) is 2.01. The number of carbonyl (C=O) groups excluding carboxylic acids is 1. The Morgan fingerprint density at radius 2 is 2.18 bits per heavy atom. The van der Waals surface area contributed by atoms with Crippen LogP contribution in [-0.2, 0) is 11.2 Å². The lowest BCUT2D eigenvalue weighted by atomic mass is 9.99. The van der Waals surface area contributed by atoms with Crippen LogP contribution in [0.15, 0.2) is 12.1 Å². The van der Waals surface area contributed by atoms with Gasteiger partial charge in [-0.05, 0) is 53.7 Å². The largest absolute Gasteiger partial charge is 0.379 e. The van der Waals surface area contributed by atoms with E-state index >= 15 is 0 Å². The van der Waals surface area contributed by atoms with Crippen molar-refractivity contribution in [3.8, 4) is 0 Å². The minimum Gasteiger partial charge on any atom is -0.379 e. The van der Waals surface area contributed by atoms with Gasteiger partial charge < -0.3 is 10.1 Å². The number of hydrogen-bond acceptors (Lipinski definition) is 2. The number of hydrogen-bond donors (Lipinski definition) is 1. The van der Waals surface area contributed by atoms with Crippen molar-refractivity contribution in [2.75, 3.05) is 19.8 Å². The summed E-state index contributed by atoms with van der Waals surface area (Å²) in [6.45, 7) is 10.2. The van der Waals surface area contributed by atoms with Gasteiger partial charge in [-0.2, -0.15) is 0 Å². The molecule has 1 fully saturated rings. The summed E-state index contributed by atoms with van der Waals surface area (Å²) in [5.41, 5.74) is 1.85. The van der Waals surface area contributed by atoms with Gasteiger partial charge in [-0.1, -0.05) is 32.6 Å². The Morgan fingerprint density at radius 1 is 1.41 bits per heavy atom. The first-order chi connectivity index (χ1) is 10.7. The van der Waals surface area contributed by atoms with Gasteiger partial charge in [-0.3, -0.25) is 4.79 Å². The van der Waals surface area contributed by atoms with Crippen molar-refractivity contribution in [1.82, 2.24) is 5.32 Å². The molecule has 1 aliphatic carbocycles. The Hall–Kier alpha value is -1.61. The highest BCUT2D eigenvalue weighted by Gasteiger charge is 2.20. The second kappa shape index (κ2) is 8.14. The molecule has 0 aliphatic heterocycles. The molecule has 3 nitrogen and oxygen atoms in total. The normalized spacial score (nSPS) is 15.1. The van der Waals surface area contributed by atoms with Gasteiger partial charge in [-0.15, -0.1) is 0 Å². The van der Waals surface area contributed by atoms with Crippen LogP contribution >= 0.6 is 0 Å². The van der Waals surface area contributed by atoms with Crippen LogP contribution in [0.3, 0.4) is 0 Å². The molecule has 1 saturated carbocycles. The molecular weight excluding hydrogens is 274 g/mol. The number of carbonyl (C=O) groups is 1. The van der Waals surface area contributed by atoms with Gasteiger partial charge in [-0.25, -0.2) is 0 Å². The third-order valence-corrected chi connectivity index (χ3v) is 4.04. The second-order valence-corrected chi connectivity index (χ2v) is 5.90. The van der Waals surface area contributed by atoms with Crippen molar-refractivity contribution in [3.63, 3.8) is 0 Å². The number of amides is 1. The zero-order valence-corrected chi connectivity index (χ0v) is 13.8. The molecule has 0 saturated heterocycles. The first kappa shape index (κ1) is 16.8. The van der Waals surface area contributed by atoms with Crippen molar-refractivity contribution < 1.29 is 9.53 Å². The Labute approximate surface area is 133 Å². The lowest BCUT2D eigenvalue weighted by molar-refractivity contribution is 0.0905. The van der Waals surface area contributed by atoms with Crippen molar-refractivity contribution in [2.24, 2.45) is 5.92 Å². The highest BCUT2D eigenvalue weighted by atomic mass is 16.5. The van der Waals surface area contributed by atoms with Crippen LogP contribution in [0.5, 0.6) is 0 Å². The zero-order chi connectivity index (χ0) is 15.9. The van der Waals surface area contributed by atoms with Crippen LogP contribution in [0.1, 0.15) is 49.0 Å².